The molecule has 0 amide bonds. The maximum Gasteiger partial charge on any atom is 0.159 e. The van der Waals surface area contributed by atoms with Crippen LogP contribution in [-0.2, 0) is 0 Å². The van der Waals surface area contributed by atoms with Gasteiger partial charge in [-0.3, -0.25) is 0 Å². The molecule has 200 valence electrons. The van der Waals surface area contributed by atoms with E-state index in [-0.39, 0.29) is 6.61 Å². The van der Waals surface area contributed by atoms with E-state index in [0.717, 1.165) is 48.3 Å². The fourth-order valence-corrected chi connectivity index (χ4v) is 4.21. The first kappa shape index (κ1) is 28.6. The lowest BCUT2D eigenvalue weighted by molar-refractivity contribution is 0.184. The highest BCUT2D eigenvalue weighted by Crippen LogP contribution is 2.24. The SMILES string of the molecule is CCCCCCCCCC(F)COc1ccc(-c2ncc(-c3ccc(OCCCCC)cc3)cn2)cc1. The third-order valence-corrected chi connectivity index (χ3v) is 6.52. The smallest absolute Gasteiger partial charge is 0.159 e. The van der Waals surface area contributed by atoms with Gasteiger partial charge in [0.1, 0.15) is 24.3 Å². The highest BCUT2D eigenvalue weighted by Gasteiger charge is 2.09. The van der Waals surface area contributed by atoms with Crippen molar-refractivity contribution >= 4 is 0 Å². The van der Waals surface area contributed by atoms with Gasteiger partial charge in [-0.2, -0.15) is 0 Å². The molecule has 2 aromatic carbocycles. The monoisotopic (exact) mass is 506 g/mol. The average molecular weight is 507 g/mol. The summed E-state index contributed by atoms with van der Waals surface area (Å²) in [5.74, 6) is 2.20. The first-order chi connectivity index (χ1) is 18.2. The summed E-state index contributed by atoms with van der Waals surface area (Å²) in [7, 11) is 0. The molecule has 0 saturated carbocycles. The molecule has 0 aliphatic carbocycles. The molecule has 1 atom stereocenters. The third-order valence-electron chi connectivity index (χ3n) is 6.52. The minimum Gasteiger partial charge on any atom is -0.494 e. The maximum absolute atomic E-state index is 14.2. The van der Waals surface area contributed by atoms with Crippen LogP contribution in [0.3, 0.4) is 0 Å². The molecule has 1 heterocycles. The molecule has 0 saturated heterocycles. The summed E-state index contributed by atoms with van der Waals surface area (Å²) in [6, 6.07) is 15.6. The summed E-state index contributed by atoms with van der Waals surface area (Å²) in [6.07, 6.45) is 15.1. The van der Waals surface area contributed by atoms with Crippen LogP contribution < -0.4 is 9.47 Å². The first-order valence-electron chi connectivity index (χ1n) is 14.1. The fourth-order valence-electron chi connectivity index (χ4n) is 4.21. The molecule has 1 aromatic heterocycles. The van der Waals surface area contributed by atoms with Gasteiger partial charge in [0.2, 0.25) is 0 Å². The zero-order valence-corrected chi connectivity index (χ0v) is 22.6. The van der Waals surface area contributed by atoms with E-state index in [2.05, 4.69) is 23.8 Å². The highest BCUT2D eigenvalue weighted by molar-refractivity contribution is 5.64. The van der Waals surface area contributed by atoms with Gasteiger partial charge in [-0.15, -0.1) is 0 Å². The van der Waals surface area contributed by atoms with Crippen molar-refractivity contribution in [3.8, 4) is 34.0 Å². The lowest BCUT2D eigenvalue weighted by Crippen LogP contribution is -2.12. The number of hydrogen-bond donors (Lipinski definition) is 0. The average Bonchev–Trinajstić information content (AvgIpc) is 2.94. The molecule has 37 heavy (non-hydrogen) atoms. The van der Waals surface area contributed by atoms with Gasteiger partial charge in [0, 0.05) is 23.5 Å². The summed E-state index contributed by atoms with van der Waals surface area (Å²) in [4.78, 5) is 9.09. The number of rotatable bonds is 18. The molecule has 0 radical (unpaired) electrons. The Morgan fingerprint density at radius 3 is 1.81 bits per heavy atom. The van der Waals surface area contributed by atoms with E-state index < -0.39 is 6.17 Å². The molecule has 0 bridgehead atoms. The van der Waals surface area contributed by atoms with Crippen LogP contribution in [0.4, 0.5) is 4.39 Å². The Labute approximate surface area is 222 Å². The molecule has 0 aliphatic rings. The Morgan fingerprint density at radius 2 is 1.16 bits per heavy atom. The molecule has 5 heteroatoms. The van der Waals surface area contributed by atoms with Gasteiger partial charge in [0.05, 0.1) is 6.61 Å². The molecule has 1 unspecified atom stereocenters. The lowest BCUT2D eigenvalue weighted by atomic mass is 10.1. The largest absolute Gasteiger partial charge is 0.494 e. The number of hydrogen-bond acceptors (Lipinski definition) is 4. The number of nitrogens with zero attached hydrogens (tertiary/aromatic N) is 2. The predicted molar refractivity (Wildman–Crippen MR) is 151 cm³/mol. The van der Waals surface area contributed by atoms with Gasteiger partial charge < -0.3 is 9.47 Å². The van der Waals surface area contributed by atoms with E-state index in [1.165, 1.54) is 44.9 Å². The van der Waals surface area contributed by atoms with Crippen molar-refractivity contribution in [2.24, 2.45) is 0 Å². The van der Waals surface area contributed by atoms with Crippen molar-refractivity contribution in [2.45, 2.75) is 90.6 Å². The predicted octanol–water partition coefficient (Wildman–Crippen LogP) is 9.24. The molecule has 0 fully saturated rings. The van der Waals surface area contributed by atoms with E-state index in [4.69, 9.17) is 9.47 Å². The Kier molecular flexibility index (Phi) is 12.9. The van der Waals surface area contributed by atoms with Gasteiger partial charge in [-0.25, -0.2) is 14.4 Å². The van der Waals surface area contributed by atoms with Crippen LogP contribution in [0.15, 0.2) is 60.9 Å². The number of halogens is 1. The topological polar surface area (TPSA) is 44.2 Å². The van der Waals surface area contributed by atoms with Crippen molar-refractivity contribution < 1.29 is 13.9 Å². The summed E-state index contributed by atoms with van der Waals surface area (Å²) in [5, 5.41) is 0. The number of alkyl halides is 1. The van der Waals surface area contributed by atoms with Crippen LogP contribution in [0.2, 0.25) is 0 Å². The molecule has 4 nitrogen and oxygen atoms in total. The lowest BCUT2D eigenvalue weighted by Gasteiger charge is -2.11. The molecular weight excluding hydrogens is 463 g/mol. The molecule has 3 aromatic rings. The Balaban J connectivity index is 1.41. The minimum absolute atomic E-state index is 0.100. The van der Waals surface area contributed by atoms with Crippen molar-refractivity contribution in [1.29, 1.82) is 0 Å². The van der Waals surface area contributed by atoms with E-state index in [1.54, 1.807) is 0 Å². The summed E-state index contributed by atoms with van der Waals surface area (Å²) < 4.78 is 25.7. The third kappa shape index (κ3) is 10.5. The van der Waals surface area contributed by atoms with Crippen LogP contribution in [0.25, 0.3) is 22.5 Å². The quantitative estimate of drug-likeness (QED) is 0.161. The molecular formula is C32H43FN2O2. The van der Waals surface area contributed by atoms with Crippen LogP contribution in [0, 0.1) is 0 Å². The Hall–Kier alpha value is -2.95. The van der Waals surface area contributed by atoms with E-state index in [0.29, 0.717) is 18.0 Å². The van der Waals surface area contributed by atoms with Gasteiger partial charge in [0.15, 0.2) is 5.82 Å². The van der Waals surface area contributed by atoms with Crippen molar-refractivity contribution in [1.82, 2.24) is 9.97 Å². The number of benzene rings is 2. The molecule has 0 spiro atoms. The van der Waals surface area contributed by atoms with Crippen LogP contribution in [0.1, 0.15) is 84.5 Å². The molecule has 3 rings (SSSR count). The second-order valence-corrected chi connectivity index (χ2v) is 9.72. The number of unbranched alkanes of at least 4 members (excludes halogenated alkanes) is 8. The fraction of sp³-hybridized carbons (Fsp3) is 0.500. The van der Waals surface area contributed by atoms with Crippen LogP contribution in [-0.4, -0.2) is 29.4 Å². The zero-order chi connectivity index (χ0) is 26.1. The van der Waals surface area contributed by atoms with Crippen LogP contribution >= 0.6 is 0 Å². The van der Waals surface area contributed by atoms with Crippen molar-refractivity contribution in [3.05, 3.63) is 60.9 Å². The molecule has 0 aliphatic heterocycles. The van der Waals surface area contributed by atoms with E-state index >= 15 is 0 Å². The second-order valence-electron chi connectivity index (χ2n) is 9.72. The highest BCUT2D eigenvalue weighted by atomic mass is 19.1. The minimum atomic E-state index is -0.923. The van der Waals surface area contributed by atoms with Gasteiger partial charge in [-0.05, 0) is 54.8 Å². The maximum atomic E-state index is 14.2. The zero-order valence-electron chi connectivity index (χ0n) is 22.6. The first-order valence-corrected chi connectivity index (χ1v) is 14.1. The number of ether oxygens (including phenoxy) is 2. The molecule has 0 N–H and O–H groups in total. The summed E-state index contributed by atoms with van der Waals surface area (Å²) in [5.41, 5.74) is 2.90. The van der Waals surface area contributed by atoms with Crippen molar-refractivity contribution in [3.63, 3.8) is 0 Å². The van der Waals surface area contributed by atoms with E-state index in [1.807, 2.05) is 60.9 Å². The van der Waals surface area contributed by atoms with Crippen molar-refractivity contribution in [2.75, 3.05) is 13.2 Å². The van der Waals surface area contributed by atoms with Gasteiger partial charge in [-0.1, -0.05) is 83.8 Å². The number of aromatic nitrogens is 2. The normalized spacial score (nSPS) is 11.9. The Bertz CT molecular complexity index is 991. The standard InChI is InChI=1S/C32H43FN2O2/c1-3-5-7-8-9-10-11-13-29(33)25-37-31-20-16-27(17-21-31)32-34-23-28(24-35-32)26-14-18-30(19-15-26)36-22-12-6-4-2/h14-21,23-24,29H,3-13,22,25H2,1-2H3. The summed E-state index contributed by atoms with van der Waals surface area (Å²) in [6.45, 7) is 5.26. The summed E-state index contributed by atoms with van der Waals surface area (Å²) >= 11 is 0. The van der Waals surface area contributed by atoms with E-state index in [9.17, 15) is 4.39 Å². The second kappa shape index (κ2) is 16.7. The Morgan fingerprint density at radius 1 is 0.622 bits per heavy atom. The van der Waals surface area contributed by atoms with Gasteiger partial charge >= 0.3 is 0 Å². The van der Waals surface area contributed by atoms with Gasteiger partial charge in [0.25, 0.3) is 0 Å². The van der Waals surface area contributed by atoms with Crippen LogP contribution in [0.5, 0.6) is 11.5 Å².